The molecule has 3 heteroatoms. The Morgan fingerprint density at radius 1 is 1.40 bits per heavy atom. The molecular weight excluding hydrogens is 190 g/mol. The van der Waals surface area contributed by atoms with Crippen molar-refractivity contribution >= 4 is 11.7 Å². The minimum absolute atomic E-state index is 0.00482. The topological polar surface area (TPSA) is 49.3 Å². The lowest BCUT2D eigenvalue weighted by atomic mass is 10.1. The van der Waals surface area contributed by atoms with Crippen molar-refractivity contribution in [2.45, 2.75) is 32.7 Å². The van der Waals surface area contributed by atoms with E-state index < -0.39 is 5.97 Å². The van der Waals surface area contributed by atoms with Gasteiger partial charge in [0, 0.05) is 11.7 Å². The van der Waals surface area contributed by atoms with Gasteiger partial charge in [-0.05, 0) is 25.5 Å². The molecule has 3 nitrogen and oxygen atoms in total. The second-order valence-corrected chi connectivity index (χ2v) is 3.71. The summed E-state index contributed by atoms with van der Waals surface area (Å²) in [5.41, 5.74) is 2.18. The minimum Gasteiger partial charge on any atom is -0.481 e. The van der Waals surface area contributed by atoms with Gasteiger partial charge in [-0.1, -0.05) is 24.6 Å². The number of benzene rings is 1. The van der Waals surface area contributed by atoms with Crippen molar-refractivity contribution in [2.75, 3.05) is 5.32 Å². The Morgan fingerprint density at radius 3 is 2.47 bits per heavy atom. The second-order valence-electron chi connectivity index (χ2n) is 3.71. The summed E-state index contributed by atoms with van der Waals surface area (Å²) in [7, 11) is 0. The summed E-state index contributed by atoms with van der Waals surface area (Å²) >= 11 is 0. The minimum atomic E-state index is -0.763. The first kappa shape index (κ1) is 11.6. The highest BCUT2D eigenvalue weighted by atomic mass is 16.4. The van der Waals surface area contributed by atoms with Gasteiger partial charge in [0.15, 0.2) is 0 Å². The third-order valence-electron chi connectivity index (χ3n) is 2.34. The average molecular weight is 207 g/mol. The van der Waals surface area contributed by atoms with Crippen molar-refractivity contribution in [1.29, 1.82) is 0 Å². The van der Waals surface area contributed by atoms with Gasteiger partial charge < -0.3 is 10.4 Å². The molecule has 0 aliphatic heterocycles. The molecule has 0 aliphatic rings. The van der Waals surface area contributed by atoms with Crippen LogP contribution >= 0.6 is 0 Å². The van der Waals surface area contributed by atoms with Gasteiger partial charge in [-0.2, -0.15) is 0 Å². The monoisotopic (exact) mass is 207 g/mol. The number of rotatable bonds is 5. The van der Waals surface area contributed by atoms with Gasteiger partial charge in [-0.15, -0.1) is 0 Å². The van der Waals surface area contributed by atoms with Crippen LogP contribution in [0.25, 0.3) is 0 Å². The zero-order valence-corrected chi connectivity index (χ0v) is 9.16. The molecule has 0 unspecified atom stereocenters. The molecule has 1 aromatic rings. The van der Waals surface area contributed by atoms with Crippen LogP contribution in [-0.2, 0) is 4.79 Å². The van der Waals surface area contributed by atoms with Crippen LogP contribution in [-0.4, -0.2) is 17.1 Å². The van der Waals surface area contributed by atoms with Crippen LogP contribution in [0.4, 0.5) is 5.69 Å². The molecule has 0 bridgehead atoms. The number of hydrogen-bond acceptors (Lipinski definition) is 2. The second kappa shape index (κ2) is 5.39. The van der Waals surface area contributed by atoms with Gasteiger partial charge in [0.1, 0.15) is 0 Å². The molecule has 1 aromatic carbocycles. The fourth-order valence-corrected chi connectivity index (χ4v) is 1.39. The number of aryl methyl sites for hydroxylation is 1. The van der Waals surface area contributed by atoms with E-state index in [2.05, 4.69) is 5.32 Å². The molecule has 82 valence electrons. The lowest BCUT2D eigenvalue weighted by molar-refractivity contribution is -0.137. The number of carbonyl (C=O) groups is 1. The maximum Gasteiger partial charge on any atom is 0.305 e. The lowest BCUT2D eigenvalue weighted by Gasteiger charge is -2.16. The Bertz CT molecular complexity index is 319. The fraction of sp³-hybridized carbons (Fsp3) is 0.417. The van der Waals surface area contributed by atoms with Crippen molar-refractivity contribution in [1.82, 2.24) is 0 Å². The summed E-state index contributed by atoms with van der Waals surface area (Å²) in [5.74, 6) is -0.763. The molecule has 0 spiro atoms. The van der Waals surface area contributed by atoms with E-state index in [1.165, 1.54) is 5.56 Å². The van der Waals surface area contributed by atoms with Gasteiger partial charge in [-0.3, -0.25) is 4.79 Å². The summed E-state index contributed by atoms with van der Waals surface area (Å²) in [5, 5.41) is 11.9. The highest BCUT2D eigenvalue weighted by molar-refractivity contribution is 5.68. The molecule has 0 aliphatic carbocycles. The fourth-order valence-electron chi connectivity index (χ4n) is 1.39. The van der Waals surface area contributed by atoms with Crippen LogP contribution in [0.15, 0.2) is 24.3 Å². The van der Waals surface area contributed by atoms with Gasteiger partial charge in [0.25, 0.3) is 0 Å². The van der Waals surface area contributed by atoms with E-state index in [0.717, 1.165) is 12.1 Å². The Labute approximate surface area is 90.1 Å². The van der Waals surface area contributed by atoms with E-state index in [4.69, 9.17) is 5.11 Å². The predicted octanol–water partition coefficient (Wildman–Crippen LogP) is 2.66. The number of hydrogen-bond donors (Lipinski definition) is 2. The molecule has 1 atom stereocenters. The van der Waals surface area contributed by atoms with Crippen molar-refractivity contribution in [2.24, 2.45) is 0 Å². The number of carboxylic acids is 1. The molecule has 0 heterocycles. The van der Waals surface area contributed by atoms with E-state index >= 15 is 0 Å². The lowest BCUT2D eigenvalue weighted by Crippen LogP contribution is -2.22. The normalized spacial score (nSPS) is 12.1. The van der Waals surface area contributed by atoms with Crippen LogP contribution in [0.3, 0.4) is 0 Å². The first-order chi connectivity index (χ1) is 7.11. The van der Waals surface area contributed by atoms with E-state index in [1.807, 2.05) is 38.1 Å². The first-order valence-corrected chi connectivity index (χ1v) is 5.16. The Kier molecular flexibility index (Phi) is 4.16. The van der Waals surface area contributed by atoms with Crippen molar-refractivity contribution in [3.05, 3.63) is 29.8 Å². The standard InChI is InChI=1S/C12H17NO2/c1-3-10(8-12(14)15)13-11-6-4-9(2)5-7-11/h4-7,10,13H,3,8H2,1-2H3,(H,14,15)/t10-/m1/s1. The van der Waals surface area contributed by atoms with Crippen molar-refractivity contribution in [3.63, 3.8) is 0 Å². The number of aliphatic carboxylic acids is 1. The molecule has 2 N–H and O–H groups in total. The maximum absolute atomic E-state index is 10.6. The summed E-state index contributed by atoms with van der Waals surface area (Å²) in [6, 6.07) is 7.97. The van der Waals surface area contributed by atoms with Crippen LogP contribution in [0.5, 0.6) is 0 Å². The Balaban J connectivity index is 2.58. The zero-order valence-electron chi connectivity index (χ0n) is 9.16. The first-order valence-electron chi connectivity index (χ1n) is 5.16. The molecule has 0 saturated carbocycles. The molecule has 0 amide bonds. The summed E-state index contributed by atoms with van der Waals surface area (Å²) in [4.78, 5) is 10.6. The summed E-state index contributed by atoms with van der Waals surface area (Å²) in [6.07, 6.45) is 0.963. The maximum atomic E-state index is 10.6. The quantitative estimate of drug-likeness (QED) is 0.780. The highest BCUT2D eigenvalue weighted by Crippen LogP contribution is 2.12. The van der Waals surface area contributed by atoms with Gasteiger partial charge in [0.05, 0.1) is 6.42 Å². The van der Waals surface area contributed by atoms with Crippen LogP contribution < -0.4 is 5.32 Å². The van der Waals surface area contributed by atoms with Crippen LogP contribution in [0, 0.1) is 6.92 Å². The van der Waals surface area contributed by atoms with Gasteiger partial charge in [0.2, 0.25) is 0 Å². The number of nitrogens with one attached hydrogen (secondary N) is 1. The predicted molar refractivity (Wildman–Crippen MR) is 61.1 cm³/mol. The number of anilines is 1. The molecule has 0 aromatic heterocycles. The van der Waals surface area contributed by atoms with Crippen molar-refractivity contribution in [3.8, 4) is 0 Å². The van der Waals surface area contributed by atoms with E-state index in [1.54, 1.807) is 0 Å². The molecule has 15 heavy (non-hydrogen) atoms. The third kappa shape index (κ3) is 4.02. The smallest absolute Gasteiger partial charge is 0.305 e. The average Bonchev–Trinajstić information content (AvgIpc) is 2.19. The molecule has 0 radical (unpaired) electrons. The van der Waals surface area contributed by atoms with Crippen molar-refractivity contribution < 1.29 is 9.90 Å². The van der Waals surface area contributed by atoms with Gasteiger partial charge >= 0.3 is 5.97 Å². The Morgan fingerprint density at radius 2 is 2.00 bits per heavy atom. The van der Waals surface area contributed by atoms with E-state index in [0.29, 0.717) is 0 Å². The van der Waals surface area contributed by atoms with E-state index in [9.17, 15) is 4.79 Å². The highest BCUT2D eigenvalue weighted by Gasteiger charge is 2.10. The van der Waals surface area contributed by atoms with Crippen LogP contribution in [0.2, 0.25) is 0 Å². The SMILES string of the molecule is CC[C@H](CC(=O)O)Nc1ccc(C)cc1. The zero-order chi connectivity index (χ0) is 11.3. The van der Waals surface area contributed by atoms with Crippen LogP contribution in [0.1, 0.15) is 25.3 Å². The van der Waals surface area contributed by atoms with E-state index in [-0.39, 0.29) is 12.5 Å². The number of carboxylic acid groups (broad SMARTS) is 1. The molecule has 1 rings (SSSR count). The third-order valence-corrected chi connectivity index (χ3v) is 2.34. The molecule has 0 saturated heterocycles. The molecular formula is C12H17NO2. The van der Waals surface area contributed by atoms with Gasteiger partial charge in [-0.25, -0.2) is 0 Å². The molecule has 0 fully saturated rings. The Hall–Kier alpha value is -1.51. The summed E-state index contributed by atoms with van der Waals surface area (Å²) < 4.78 is 0. The summed E-state index contributed by atoms with van der Waals surface area (Å²) in [6.45, 7) is 4.01. The largest absolute Gasteiger partial charge is 0.481 e.